The van der Waals surface area contributed by atoms with Crippen molar-refractivity contribution in [3.05, 3.63) is 41.1 Å². The maximum atomic E-state index is 12.8. The molecule has 1 aromatic carbocycles. The lowest BCUT2D eigenvalue weighted by atomic mass is 10.0. The summed E-state index contributed by atoms with van der Waals surface area (Å²) >= 11 is 0. The number of rotatable bonds is 1. The van der Waals surface area contributed by atoms with Crippen molar-refractivity contribution in [2.24, 2.45) is 0 Å². The average molecular weight is 241 g/mol. The number of alkyl halides is 3. The lowest BCUT2D eigenvalue weighted by Gasteiger charge is -2.17. The van der Waals surface area contributed by atoms with E-state index >= 15 is 0 Å². The van der Waals surface area contributed by atoms with Crippen LogP contribution in [0.1, 0.15) is 30.4 Å². The number of hydrogen-bond acceptors (Lipinski definition) is 1. The average Bonchev–Trinajstić information content (AvgIpc) is 2.30. The Labute approximate surface area is 98.3 Å². The predicted octanol–water partition coefficient (Wildman–Crippen LogP) is 3.82. The number of benzene rings is 1. The molecule has 1 heterocycles. The van der Waals surface area contributed by atoms with Gasteiger partial charge in [0, 0.05) is 12.2 Å². The maximum absolute atomic E-state index is 12.8. The van der Waals surface area contributed by atoms with Gasteiger partial charge in [-0.3, -0.25) is 0 Å². The summed E-state index contributed by atoms with van der Waals surface area (Å²) < 4.78 is 38.3. The Kier molecular flexibility index (Phi) is 3.41. The molecule has 1 aromatic rings. The Hall–Kier alpha value is -1.45. The minimum absolute atomic E-state index is 0.240. The van der Waals surface area contributed by atoms with E-state index in [1.54, 1.807) is 12.1 Å². The fraction of sp³-hybridized carbons (Fsp3) is 0.385. The molecule has 1 N–H and O–H groups in total. The summed E-state index contributed by atoms with van der Waals surface area (Å²) in [6, 6.07) is 5.67. The molecule has 1 aliphatic rings. The van der Waals surface area contributed by atoms with Gasteiger partial charge in [0.25, 0.3) is 0 Å². The van der Waals surface area contributed by atoms with Gasteiger partial charge >= 0.3 is 6.18 Å². The van der Waals surface area contributed by atoms with Crippen molar-refractivity contribution in [1.29, 1.82) is 0 Å². The third kappa shape index (κ3) is 3.02. The molecule has 0 radical (unpaired) electrons. The number of halogens is 3. The summed E-state index contributed by atoms with van der Waals surface area (Å²) in [5.74, 6) is 0. The minimum Gasteiger partial charge on any atom is -0.388 e. The van der Waals surface area contributed by atoms with E-state index in [-0.39, 0.29) is 5.56 Å². The lowest BCUT2D eigenvalue weighted by Crippen LogP contribution is -2.19. The van der Waals surface area contributed by atoms with Crippen LogP contribution in [0.3, 0.4) is 0 Å². The van der Waals surface area contributed by atoms with E-state index in [2.05, 4.69) is 5.32 Å². The molecule has 0 aromatic heterocycles. The van der Waals surface area contributed by atoms with Crippen LogP contribution in [-0.2, 0) is 6.18 Å². The quantitative estimate of drug-likeness (QED) is 0.788. The highest BCUT2D eigenvalue weighted by molar-refractivity contribution is 5.57. The van der Waals surface area contributed by atoms with Gasteiger partial charge in [0.2, 0.25) is 0 Å². The first kappa shape index (κ1) is 12.0. The van der Waals surface area contributed by atoms with Crippen LogP contribution in [0.4, 0.5) is 13.2 Å². The molecule has 0 atom stereocenters. The van der Waals surface area contributed by atoms with Crippen LogP contribution in [0, 0.1) is 0 Å². The van der Waals surface area contributed by atoms with Crippen LogP contribution in [0.15, 0.2) is 30.0 Å². The molecule has 0 amide bonds. The first-order valence-corrected chi connectivity index (χ1v) is 5.68. The topological polar surface area (TPSA) is 12.0 Å². The highest BCUT2D eigenvalue weighted by Gasteiger charge is 2.32. The van der Waals surface area contributed by atoms with E-state index in [4.69, 9.17) is 0 Å². The van der Waals surface area contributed by atoms with Gasteiger partial charge in [-0.25, -0.2) is 0 Å². The van der Waals surface area contributed by atoms with E-state index in [9.17, 15) is 13.2 Å². The third-order valence-corrected chi connectivity index (χ3v) is 2.82. The number of hydrogen-bond donors (Lipinski definition) is 1. The molecule has 0 unspecified atom stereocenters. The molecule has 1 saturated heterocycles. The van der Waals surface area contributed by atoms with Crippen molar-refractivity contribution in [3.63, 3.8) is 0 Å². The highest BCUT2D eigenvalue weighted by Crippen LogP contribution is 2.33. The summed E-state index contributed by atoms with van der Waals surface area (Å²) in [7, 11) is 0. The molecule has 1 aliphatic heterocycles. The maximum Gasteiger partial charge on any atom is 0.416 e. The monoisotopic (exact) mass is 241 g/mol. The molecule has 4 heteroatoms. The smallest absolute Gasteiger partial charge is 0.388 e. The zero-order valence-corrected chi connectivity index (χ0v) is 9.35. The molecule has 1 nitrogen and oxygen atoms in total. The van der Waals surface area contributed by atoms with E-state index in [0.29, 0.717) is 0 Å². The van der Waals surface area contributed by atoms with Crippen LogP contribution < -0.4 is 5.32 Å². The van der Waals surface area contributed by atoms with Gasteiger partial charge in [0.1, 0.15) is 0 Å². The summed E-state index contributed by atoms with van der Waals surface area (Å²) in [5, 5.41) is 3.14. The summed E-state index contributed by atoms with van der Waals surface area (Å²) in [4.78, 5) is 0. The van der Waals surface area contributed by atoms with Crippen molar-refractivity contribution in [3.8, 4) is 0 Å². The van der Waals surface area contributed by atoms with E-state index < -0.39 is 11.7 Å². The number of allylic oxidation sites excluding steroid dienone is 1. The fourth-order valence-corrected chi connectivity index (χ4v) is 1.97. The highest BCUT2D eigenvalue weighted by atomic mass is 19.4. The van der Waals surface area contributed by atoms with Crippen molar-refractivity contribution < 1.29 is 13.2 Å². The molecule has 0 aliphatic carbocycles. The van der Waals surface area contributed by atoms with Gasteiger partial charge in [0.15, 0.2) is 0 Å². The Morgan fingerprint density at radius 3 is 2.53 bits per heavy atom. The number of nitrogens with one attached hydrogen (secondary N) is 1. The van der Waals surface area contributed by atoms with Crippen LogP contribution in [0.25, 0.3) is 6.08 Å². The summed E-state index contributed by atoms with van der Waals surface area (Å²) in [6.07, 6.45) is 0.266. The predicted molar refractivity (Wildman–Crippen MR) is 61.3 cm³/mol. The number of piperidine rings is 1. The first-order chi connectivity index (χ1) is 8.07. The second-order valence-electron chi connectivity index (χ2n) is 4.14. The van der Waals surface area contributed by atoms with Crippen molar-refractivity contribution in [1.82, 2.24) is 5.32 Å². The zero-order valence-electron chi connectivity index (χ0n) is 9.35. The molecule has 0 bridgehead atoms. The van der Waals surface area contributed by atoms with Gasteiger partial charge < -0.3 is 5.32 Å². The van der Waals surface area contributed by atoms with Gasteiger partial charge in [0.05, 0.1) is 5.56 Å². The van der Waals surface area contributed by atoms with Crippen LogP contribution >= 0.6 is 0 Å². The molecule has 0 saturated carbocycles. The molecule has 92 valence electrons. The Morgan fingerprint density at radius 1 is 1.12 bits per heavy atom. The van der Waals surface area contributed by atoms with Crippen LogP contribution in [-0.4, -0.2) is 6.54 Å². The molecular weight excluding hydrogens is 227 g/mol. The summed E-state index contributed by atoms with van der Waals surface area (Å²) in [6.45, 7) is 0.847. The molecule has 1 fully saturated rings. The molecule has 17 heavy (non-hydrogen) atoms. The second-order valence-corrected chi connectivity index (χ2v) is 4.14. The lowest BCUT2D eigenvalue weighted by molar-refractivity contribution is -0.137. The molecule has 0 spiro atoms. The van der Waals surface area contributed by atoms with Crippen molar-refractivity contribution in [2.45, 2.75) is 25.4 Å². The fourth-order valence-electron chi connectivity index (χ4n) is 1.97. The third-order valence-electron chi connectivity index (χ3n) is 2.82. The van der Waals surface area contributed by atoms with E-state index in [1.807, 2.05) is 0 Å². The minimum atomic E-state index is -4.29. The van der Waals surface area contributed by atoms with Gasteiger partial charge in [-0.05, 0) is 37.0 Å². The van der Waals surface area contributed by atoms with Crippen LogP contribution in [0.5, 0.6) is 0 Å². The normalized spacial score (nSPS) is 19.1. The standard InChI is InChI=1S/C13H14F3N/c14-13(15,16)12-7-2-1-5-10(12)9-11-6-3-4-8-17-11/h1-2,5,7,9,17H,3-4,6,8H2. The van der Waals surface area contributed by atoms with Gasteiger partial charge in [-0.1, -0.05) is 18.2 Å². The van der Waals surface area contributed by atoms with Crippen LogP contribution in [0.2, 0.25) is 0 Å². The SMILES string of the molecule is FC(F)(F)c1ccccc1C=C1CCCCN1. The summed E-state index contributed by atoms with van der Waals surface area (Å²) in [5.41, 5.74) is 0.567. The van der Waals surface area contributed by atoms with E-state index in [1.165, 1.54) is 12.1 Å². The Morgan fingerprint density at radius 2 is 1.88 bits per heavy atom. The first-order valence-electron chi connectivity index (χ1n) is 5.68. The Balaban J connectivity index is 2.32. The van der Waals surface area contributed by atoms with Gasteiger partial charge in [-0.2, -0.15) is 13.2 Å². The largest absolute Gasteiger partial charge is 0.416 e. The molecule has 2 rings (SSSR count). The van der Waals surface area contributed by atoms with Crippen molar-refractivity contribution >= 4 is 6.08 Å². The second kappa shape index (κ2) is 4.82. The van der Waals surface area contributed by atoms with Crippen molar-refractivity contribution in [2.75, 3.05) is 6.54 Å². The van der Waals surface area contributed by atoms with Gasteiger partial charge in [-0.15, -0.1) is 0 Å². The zero-order chi connectivity index (χ0) is 12.3. The van der Waals surface area contributed by atoms with E-state index in [0.717, 1.165) is 37.6 Å². The molecular formula is C13H14F3N. The Bertz CT molecular complexity index is 413.